The van der Waals surface area contributed by atoms with E-state index < -0.39 is 11.2 Å². The molecule has 0 aromatic rings. The van der Waals surface area contributed by atoms with Gasteiger partial charge in [-0.1, -0.05) is 35.1 Å². The van der Waals surface area contributed by atoms with E-state index in [-0.39, 0.29) is 38.3 Å². The first kappa shape index (κ1) is 44.7. The summed E-state index contributed by atoms with van der Waals surface area (Å²) in [6.07, 6.45) is 22.5. The van der Waals surface area contributed by atoms with E-state index in [1.54, 1.807) is 13.8 Å². The van der Waals surface area contributed by atoms with Gasteiger partial charge in [0, 0.05) is 0 Å². The zero-order valence-electron chi connectivity index (χ0n) is 36.7. The molecule has 0 bridgehead atoms. The summed E-state index contributed by atoms with van der Waals surface area (Å²) in [5.74, 6) is 7.97. The number of ether oxygens (including phenoxy) is 2. The van der Waals surface area contributed by atoms with Gasteiger partial charge in [0.1, 0.15) is 13.2 Å². The first-order chi connectivity index (χ1) is 25.7. The Bertz CT molecular complexity index is 1410. The molecule has 6 heteroatoms. The van der Waals surface area contributed by atoms with E-state index in [9.17, 15) is 19.8 Å². The molecule has 56 heavy (non-hydrogen) atoms. The minimum Gasteiger partial charge on any atom is -0.390 e. The molecule has 0 aliphatic heterocycles. The molecule has 17 atom stereocenters. The molecule has 8 saturated carbocycles. The van der Waals surface area contributed by atoms with Crippen LogP contribution in [0.1, 0.15) is 185 Å². The molecular weight excluding hydrogens is 697 g/mol. The maximum atomic E-state index is 11.4. The summed E-state index contributed by atoms with van der Waals surface area (Å²) in [7, 11) is 0. The standard InChI is InChI=1S/C25H42O3.C24H40O3.CH4/c1-16(26)15-28-17(2)20-8-9-21-19-7-6-18-14-23(3,27)12-13-24(18,4)22(19)10-11-25(20,21)5;1-16(25)14-27-15-18-6-8-20-19-7-5-17-13-22(2,26)11-12-24(17,4)21(19)9-10-23(18,20)3;/h17-22,27H,6-15H2,1-5H3;17-21,26H,5-15H2,1-4H3;1H4/t17-,18-,19?,20+,21?,22?,23-,24-,25+;17-,18+,19?,20?,21?,22-,23+,24-;/m00./s1. The van der Waals surface area contributed by atoms with Crippen molar-refractivity contribution < 1.29 is 29.3 Å². The van der Waals surface area contributed by atoms with E-state index >= 15 is 0 Å². The van der Waals surface area contributed by atoms with Gasteiger partial charge >= 0.3 is 0 Å². The van der Waals surface area contributed by atoms with Gasteiger partial charge < -0.3 is 19.7 Å². The molecule has 6 nitrogen and oxygen atoms in total. The van der Waals surface area contributed by atoms with Crippen LogP contribution >= 0.6 is 0 Å². The van der Waals surface area contributed by atoms with Crippen molar-refractivity contribution in [3.8, 4) is 0 Å². The molecule has 2 N–H and O–H groups in total. The zero-order chi connectivity index (χ0) is 39.8. The Labute approximate surface area is 343 Å². The third kappa shape index (κ3) is 8.04. The highest BCUT2D eigenvalue weighted by molar-refractivity contribution is 5.77. The summed E-state index contributed by atoms with van der Waals surface area (Å²) in [4.78, 5) is 22.6. The number of hydrogen-bond donors (Lipinski definition) is 2. The van der Waals surface area contributed by atoms with Crippen LogP contribution in [0.4, 0.5) is 0 Å². The van der Waals surface area contributed by atoms with Crippen LogP contribution in [0, 0.1) is 80.8 Å². The number of rotatable bonds is 8. The molecule has 0 aromatic heterocycles. The van der Waals surface area contributed by atoms with Gasteiger partial charge in [0.2, 0.25) is 0 Å². The fourth-order valence-electron chi connectivity index (χ4n) is 16.8. The van der Waals surface area contributed by atoms with Crippen LogP contribution in [0.2, 0.25) is 0 Å². The van der Waals surface area contributed by atoms with Gasteiger partial charge in [-0.3, -0.25) is 9.59 Å². The lowest BCUT2D eigenvalue weighted by molar-refractivity contribution is -0.152. The molecule has 0 aromatic carbocycles. The summed E-state index contributed by atoms with van der Waals surface area (Å²) >= 11 is 0. The quantitative estimate of drug-likeness (QED) is 0.255. The SMILES string of the molecule is C.CC(=O)COC[C@H]1CCC2C3CC[C@H]4C[C@@](C)(O)CC[C@]4(C)C3CC[C@@]21C.CC(=O)CO[C@@H](C)[C@H]1CCC2C3CC[C@H]4C[C@@](C)(O)CC[C@]4(C)C3CC[C@@]21C. The van der Waals surface area contributed by atoms with Crippen LogP contribution in [0.5, 0.6) is 0 Å². The van der Waals surface area contributed by atoms with Crippen LogP contribution in [0.25, 0.3) is 0 Å². The highest BCUT2D eigenvalue weighted by Gasteiger charge is 2.63. The van der Waals surface area contributed by atoms with Gasteiger partial charge in [-0.2, -0.15) is 0 Å². The molecule has 322 valence electrons. The summed E-state index contributed by atoms with van der Waals surface area (Å²) in [6, 6.07) is 0. The van der Waals surface area contributed by atoms with E-state index in [4.69, 9.17) is 9.47 Å². The van der Waals surface area contributed by atoms with Gasteiger partial charge in [-0.05, 0) is 231 Å². The second-order valence-corrected chi connectivity index (χ2v) is 23.2. The topological polar surface area (TPSA) is 93.1 Å². The Kier molecular flexibility index (Phi) is 13.0. The lowest BCUT2D eigenvalue weighted by Gasteiger charge is -2.62. The molecule has 0 amide bonds. The van der Waals surface area contributed by atoms with Gasteiger partial charge in [0.25, 0.3) is 0 Å². The van der Waals surface area contributed by atoms with Crippen molar-refractivity contribution in [3.05, 3.63) is 0 Å². The predicted molar refractivity (Wildman–Crippen MR) is 226 cm³/mol. The van der Waals surface area contributed by atoms with E-state index in [2.05, 4.69) is 48.5 Å². The van der Waals surface area contributed by atoms with Gasteiger partial charge in [-0.15, -0.1) is 0 Å². The lowest BCUT2D eigenvalue weighted by Crippen LogP contribution is -2.55. The second-order valence-electron chi connectivity index (χ2n) is 23.2. The summed E-state index contributed by atoms with van der Waals surface area (Å²) < 4.78 is 11.8. The number of carbonyl (C=O) groups is 2. The number of ketones is 2. The first-order valence-corrected chi connectivity index (χ1v) is 23.4. The third-order valence-electron chi connectivity index (χ3n) is 19.9. The van der Waals surface area contributed by atoms with Crippen molar-refractivity contribution >= 4 is 11.6 Å². The van der Waals surface area contributed by atoms with Gasteiger partial charge in [0.05, 0.1) is 23.9 Å². The van der Waals surface area contributed by atoms with E-state index in [0.29, 0.717) is 45.3 Å². The number of aliphatic hydroxyl groups is 2. The molecule has 8 aliphatic rings. The smallest absolute Gasteiger partial charge is 0.155 e. The lowest BCUT2D eigenvalue weighted by atomic mass is 9.44. The largest absolute Gasteiger partial charge is 0.390 e. The molecule has 0 radical (unpaired) electrons. The van der Waals surface area contributed by atoms with E-state index in [1.165, 1.54) is 89.9 Å². The van der Waals surface area contributed by atoms with Crippen molar-refractivity contribution in [3.63, 3.8) is 0 Å². The van der Waals surface area contributed by atoms with Gasteiger partial charge in [0.15, 0.2) is 11.6 Å². The highest BCUT2D eigenvalue weighted by Crippen LogP contribution is 2.70. The van der Waals surface area contributed by atoms with Crippen molar-refractivity contribution in [1.29, 1.82) is 0 Å². The Hall–Kier alpha value is -0.820. The molecule has 8 aliphatic carbocycles. The van der Waals surface area contributed by atoms with E-state index in [0.717, 1.165) is 67.8 Å². The molecule has 8 fully saturated rings. The molecular formula is C50H86O6. The average molecular weight is 783 g/mol. The van der Waals surface area contributed by atoms with Crippen LogP contribution in [0.15, 0.2) is 0 Å². The zero-order valence-corrected chi connectivity index (χ0v) is 36.7. The number of fused-ring (bicyclic) bond motifs is 10. The van der Waals surface area contributed by atoms with Crippen LogP contribution in [0.3, 0.4) is 0 Å². The number of carbonyl (C=O) groups excluding carboxylic acids is 2. The average Bonchev–Trinajstić information content (AvgIpc) is 3.64. The minimum absolute atomic E-state index is 0. The molecule has 8 rings (SSSR count). The highest BCUT2D eigenvalue weighted by atomic mass is 16.5. The Morgan fingerprint density at radius 2 is 1.04 bits per heavy atom. The molecule has 0 saturated heterocycles. The maximum Gasteiger partial charge on any atom is 0.155 e. The van der Waals surface area contributed by atoms with Crippen LogP contribution < -0.4 is 0 Å². The summed E-state index contributed by atoms with van der Waals surface area (Å²) in [5.41, 5.74) is 0.772. The van der Waals surface area contributed by atoms with Crippen molar-refractivity contribution in [2.24, 2.45) is 80.8 Å². The molecule has 0 heterocycles. The maximum absolute atomic E-state index is 11.4. The Morgan fingerprint density at radius 3 is 1.55 bits per heavy atom. The fraction of sp³-hybridized carbons (Fsp3) is 0.960. The third-order valence-corrected chi connectivity index (χ3v) is 19.9. The fourth-order valence-corrected chi connectivity index (χ4v) is 16.8. The van der Waals surface area contributed by atoms with Crippen LogP contribution in [-0.4, -0.2) is 58.9 Å². The Balaban J connectivity index is 0.000000187. The normalized spacial score (nSPS) is 50.9. The molecule has 6 unspecified atom stereocenters. The summed E-state index contributed by atoms with van der Waals surface area (Å²) in [5, 5.41) is 21.3. The van der Waals surface area contributed by atoms with E-state index in [1.807, 2.05) is 0 Å². The van der Waals surface area contributed by atoms with Gasteiger partial charge in [-0.25, -0.2) is 0 Å². The van der Waals surface area contributed by atoms with Crippen LogP contribution in [-0.2, 0) is 19.1 Å². The molecule has 0 spiro atoms. The Morgan fingerprint density at radius 1 is 0.571 bits per heavy atom. The number of hydrogen-bond acceptors (Lipinski definition) is 6. The predicted octanol–water partition coefficient (Wildman–Crippen LogP) is 11.0. The minimum atomic E-state index is -0.442. The summed E-state index contributed by atoms with van der Waals surface area (Å²) in [6.45, 7) is 21.1. The second kappa shape index (κ2) is 16.2. The number of Topliss-reactive ketones (excluding diaryl/α,β-unsaturated/α-hetero) is 2. The first-order valence-electron chi connectivity index (χ1n) is 23.4. The monoisotopic (exact) mass is 783 g/mol. The van der Waals surface area contributed by atoms with Crippen molar-refractivity contribution in [2.75, 3.05) is 19.8 Å². The van der Waals surface area contributed by atoms with Crippen molar-refractivity contribution in [2.45, 2.75) is 203 Å². The van der Waals surface area contributed by atoms with Crippen molar-refractivity contribution in [1.82, 2.24) is 0 Å².